The van der Waals surface area contributed by atoms with E-state index in [-0.39, 0.29) is 0 Å². The second-order valence-corrected chi connectivity index (χ2v) is 3.18. The molecule has 1 aliphatic carbocycles. The van der Waals surface area contributed by atoms with E-state index >= 15 is 0 Å². The minimum Gasteiger partial charge on any atom is -0.448 e. The Morgan fingerprint density at radius 3 is 3.15 bits per heavy atom. The number of hydrogen-bond donors (Lipinski definition) is 0. The third-order valence-electron chi connectivity index (χ3n) is 2.43. The summed E-state index contributed by atoms with van der Waals surface area (Å²) in [6, 6.07) is 0. The summed E-state index contributed by atoms with van der Waals surface area (Å²) in [6.45, 7) is 0.304. The molecule has 0 unspecified atom stereocenters. The first-order valence-corrected chi connectivity index (χ1v) is 4.35. The summed E-state index contributed by atoms with van der Waals surface area (Å²) in [5.41, 5.74) is 8.96. The highest BCUT2D eigenvalue weighted by Crippen LogP contribution is 2.37. The van der Waals surface area contributed by atoms with Crippen molar-refractivity contribution in [1.82, 2.24) is 4.98 Å². The van der Waals surface area contributed by atoms with Gasteiger partial charge in [-0.15, -0.1) is 0 Å². The SMILES string of the molecule is [N-]=[N+]=NCc1ncoc1C1CCC1. The lowest BCUT2D eigenvalue weighted by atomic mass is 9.83. The number of azide groups is 1. The molecule has 1 heterocycles. The topological polar surface area (TPSA) is 74.8 Å². The van der Waals surface area contributed by atoms with Crippen LogP contribution in [-0.4, -0.2) is 4.98 Å². The fourth-order valence-corrected chi connectivity index (χ4v) is 1.50. The Morgan fingerprint density at radius 2 is 2.54 bits per heavy atom. The fourth-order valence-electron chi connectivity index (χ4n) is 1.50. The molecule has 2 rings (SSSR count). The van der Waals surface area contributed by atoms with Crippen molar-refractivity contribution in [3.63, 3.8) is 0 Å². The molecule has 0 atom stereocenters. The molecule has 0 N–H and O–H groups in total. The van der Waals surface area contributed by atoms with Gasteiger partial charge in [0.1, 0.15) is 5.76 Å². The molecule has 0 radical (unpaired) electrons. The van der Waals surface area contributed by atoms with Gasteiger partial charge in [-0.05, 0) is 18.4 Å². The molecular formula is C8H10N4O. The molecular weight excluding hydrogens is 168 g/mol. The molecule has 1 fully saturated rings. The first-order valence-electron chi connectivity index (χ1n) is 4.35. The summed E-state index contributed by atoms with van der Waals surface area (Å²) in [7, 11) is 0. The van der Waals surface area contributed by atoms with Gasteiger partial charge in [0, 0.05) is 10.8 Å². The minimum absolute atomic E-state index is 0.304. The van der Waals surface area contributed by atoms with Gasteiger partial charge in [0.25, 0.3) is 0 Å². The molecule has 68 valence electrons. The van der Waals surface area contributed by atoms with E-state index < -0.39 is 0 Å². The molecule has 1 aromatic rings. The highest BCUT2D eigenvalue weighted by atomic mass is 16.3. The molecule has 1 aliphatic rings. The van der Waals surface area contributed by atoms with Crippen molar-refractivity contribution in [1.29, 1.82) is 0 Å². The van der Waals surface area contributed by atoms with Crippen LogP contribution < -0.4 is 0 Å². The lowest BCUT2D eigenvalue weighted by molar-refractivity contribution is 0.343. The first-order chi connectivity index (χ1) is 6.42. The summed E-state index contributed by atoms with van der Waals surface area (Å²) in [5, 5.41) is 3.47. The molecule has 0 amide bonds. The van der Waals surface area contributed by atoms with E-state index in [0.717, 1.165) is 11.5 Å². The Morgan fingerprint density at radius 1 is 1.69 bits per heavy atom. The largest absolute Gasteiger partial charge is 0.448 e. The van der Waals surface area contributed by atoms with Crippen molar-refractivity contribution in [3.8, 4) is 0 Å². The molecule has 0 aliphatic heterocycles. The van der Waals surface area contributed by atoms with Crippen molar-refractivity contribution in [2.24, 2.45) is 5.11 Å². The first kappa shape index (κ1) is 8.13. The van der Waals surface area contributed by atoms with E-state index in [4.69, 9.17) is 9.95 Å². The van der Waals surface area contributed by atoms with E-state index in [1.165, 1.54) is 25.7 Å². The third kappa shape index (κ3) is 1.51. The molecule has 0 aromatic carbocycles. The van der Waals surface area contributed by atoms with Gasteiger partial charge in [0.05, 0.1) is 12.2 Å². The molecule has 0 bridgehead atoms. The van der Waals surface area contributed by atoms with Crippen LogP contribution >= 0.6 is 0 Å². The van der Waals surface area contributed by atoms with Crippen LogP contribution in [-0.2, 0) is 6.54 Å². The van der Waals surface area contributed by atoms with Crippen molar-refractivity contribution >= 4 is 0 Å². The molecule has 5 heteroatoms. The summed E-state index contributed by atoms with van der Waals surface area (Å²) in [5.74, 6) is 1.42. The second-order valence-electron chi connectivity index (χ2n) is 3.18. The average molecular weight is 178 g/mol. The van der Waals surface area contributed by atoms with Crippen LogP contribution in [0.2, 0.25) is 0 Å². The molecule has 0 spiro atoms. The zero-order chi connectivity index (χ0) is 9.10. The average Bonchev–Trinajstić information content (AvgIpc) is 2.46. The van der Waals surface area contributed by atoms with E-state index in [0.29, 0.717) is 12.5 Å². The number of nitrogens with zero attached hydrogens (tertiary/aromatic N) is 4. The Balaban J connectivity index is 2.14. The van der Waals surface area contributed by atoms with Gasteiger partial charge in [-0.1, -0.05) is 11.5 Å². The Bertz CT molecular complexity index is 336. The third-order valence-corrected chi connectivity index (χ3v) is 2.43. The number of hydrogen-bond acceptors (Lipinski definition) is 3. The smallest absolute Gasteiger partial charge is 0.181 e. The second kappa shape index (κ2) is 3.49. The Hall–Kier alpha value is -1.48. The van der Waals surface area contributed by atoms with Crippen molar-refractivity contribution in [2.45, 2.75) is 31.7 Å². The lowest BCUT2D eigenvalue weighted by Gasteiger charge is -2.23. The summed E-state index contributed by atoms with van der Waals surface area (Å²) in [4.78, 5) is 6.72. The highest BCUT2D eigenvalue weighted by molar-refractivity contribution is 5.14. The Kier molecular flexibility index (Phi) is 2.19. The predicted octanol–water partition coefficient (Wildman–Crippen LogP) is 2.75. The lowest BCUT2D eigenvalue weighted by Crippen LogP contribution is -2.09. The van der Waals surface area contributed by atoms with Crippen LogP contribution in [0.15, 0.2) is 15.9 Å². The van der Waals surface area contributed by atoms with Crippen LogP contribution in [0.25, 0.3) is 10.4 Å². The maximum atomic E-state index is 8.17. The molecule has 13 heavy (non-hydrogen) atoms. The predicted molar refractivity (Wildman–Crippen MR) is 45.9 cm³/mol. The van der Waals surface area contributed by atoms with Crippen molar-refractivity contribution in [3.05, 3.63) is 28.3 Å². The fraction of sp³-hybridized carbons (Fsp3) is 0.625. The summed E-state index contributed by atoms with van der Waals surface area (Å²) in [6.07, 6.45) is 5.01. The highest BCUT2D eigenvalue weighted by Gasteiger charge is 2.25. The van der Waals surface area contributed by atoms with Gasteiger partial charge < -0.3 is 4.42 Å². The summed E-state index contributed by atoms with van der Waals surface area (Å²) < 4.78 is 5.27. The molecule has 5 nitrogen and oxygen atoms in total. The maximum Gasteiger partial charge on any atom is 0.181 e. The number of aromatic nitrogens is 1. The molecule has 1 aromatic heterocycles. The zero-order valence-corrected chi connectivity index (χ0v) is 7.18. The molecule has 1 saturated carbocycles. The number of rotatable bonds is 3. The van der Waals surface area contributed by atoms with Crippen molar-refractivity contribution < 1.29 is 4.42 Å². The maximum absolute atomic E-state index is 8.17. The summed E-state index contributed by atoms with van der Waals surface area (Å²) >= 11 is 0. The van der Waals surface area contributed by atoms with Crippen LogP contribution in [0.3, 0.4) is 0 Å². The standard InChI is InChI=1S/C8H10N4O/c9-12-11-4-7-8(13-5-10-7)6-2-1-3-6/h5-6H,1-4H2. The molecule has 0 saturated heterocycles. The van der Waals surface area contributed by atoms with Gasteiger partial charge in [0.2, 0.25) is 0 Å². The zero-order valence-electron chi connectivity index (χ0n) is 7.18. The van der Waals surface area contributed by atoms with Gasteiger partial charge >= 0.3 is 0 Å². The van der Waals surface area contributed by atoms with Crippen LogP contribution in [0.1, 0.15) is 36.6 Å². The van der Waals surface area contributed by atoms with E-state index in [1.807, 2.05) is 0 Å². The van der Waals surface area contributed by atoms with Crippen LogP contribution in [0.4, 0.5) is 0 Å². The van der Waals surface area contributed by atoms with Gasteiger partial charge in [-0.25, -0.2) is 4.98 Å². The van der Waals surface area contributed by atoms with E-state index in [9.17, 15) is 0 Å². The van der Waals surface area contributed by atoms with Crippen LogP contribution in [0, 0.1) is 0 Å². The van der Waals surface area contributed by atoms with E-state index in [2.05, 4.69) is 15.0 Å². The van der Waals surface area contributed by atoms with Gasteiger partial charge in [-0.3, -0.25) is 0 Å². The van der Waals surface area contributed by atoms with E-state index in [1.54, 1.807) is 0 Å². The normalized spacial score (nSPS) is 16.3. The van der Waals surface area contributed by atoms with Crippen LogP contribution in [0.5, 0.6) is 0 Å². The number of oxazole rings is 1. The van der Waals surface area contributed by atoms with Crippen molar-refractivity contribution in [2.75, 3.05) is 0 Å². The Labute approximate surface area is 75.4 Å². The quantitative estimate of drug-likeness (QED) is 0.405. The van der Waals surface area contributed by atoms with Gasteiger partial charge in [0.15, 0.2) is 6.39 Å². The monoisotopic (exact) mass is 178 g/mol. The van der Waals surface area contributed by atoms with Gasteiger partial charge in [-0.2, -0.15) is 0 Å². The minimum atomic E-state index is 0.304.